The number of nitrogens with zero attached hydrogens (tertiary/aromatic N) is 2. The van der Waals surface area contributed by atoms with E-state index in [1.807, 2.05) is 36.5 Å². The van der Waals surface area contributed by atoms with Gasteiger partial charge in [0.2, 0.25) is 0 Å². The number of nitrogens with one attached hydrogen (secondary N) is 1. The molecule has 1 aromatic heterocycles. The topological polar surface area (TPSA) is 28.2 Å². The molecule has 0 radical (unpaired) electrons. The first kappa shape index (κ1) is 14.8. The third-order valence-electron chi connectivity index (χ3n) is 3.44. The highest BCUT2D eigenvalue weighted by atomic mass is 35.5. The van der Waals surface area contributed by atoms with Crippen molar-refractivity contribution in [1.82, 2.24) is 9.88 Å². The average Bonchev–Trinajstić information content (AvgIpc) is 2.46. The van der Waals surface area contributed by atoms with Crippen molar-refractivity contribution in [2.24, 2.45) is 0 Å². The molecule has 3 nitrogen and oxygen atoms in total. The van der Waals surface area contributed by atoms with Gasteiger partial charge in [0.15, 0.2) is 0 Å². The van der Waals surface area contributed by atoms with E-state index >= 15 is 0 Å². The number of anilines is 1. The van der Waals surface area contributed by atoms with Gasteiger partial charge in [-0.25, -0.2) is 4.98 Å². The van der Waals surface area contributed by atoms with Gasteiger partial charge in [0.05, 0.1) is 0 Å². The van der Waals surface area contributed by atoms with E-state index in [0.29, 0.717) is 6.04 Å². The molecule has 0 aliphatic carbocycles. The maximum atomic E-state index is 5.89. The fraction of sp³-hybridized carbons (Fsp3) is 0.312. The number of halogens is 1. The Kier molecular flexibility index (Phi) is 4.99. The molecule has 0 bridgehead atoms. The maximum Gasteiger partial charge on any atom is 0.130 e. The van der Waals surface area contributed by atoms with E-state index in [1.54, 1.807) is 0 Å². The predicted octanol–water partition coefficient (Wildman–Crippen LogP) is 3.97. The van der Waals surface area contributed by atoms with Crippen LogP contribution in [0, 0.1) is 0 Å². The summed E-state index contributed by atoms with van der Waals surface area (Å²) in [6.07, 6.45) is 1.82. The van der Waals surface area contributed by atoms with Crippen LogP contribution in [0.4, 0.5) is 5.82 Å². The van der Waals surface area contributed by atoms with Crippen LogP contribution in [0.15, 0.2) is 42.6 Å². The second kappa shape index (κ2) is 6.73. The van der Waals surface area contributed by atoms with Gasteiger partial charge in [-0.1, -0.05) is 29.8 Å². The number of aromatic nitrogens is 1. The highest BCUT2D eigenvalue weighted by Gasteiger charge is 2.12. The minimum Gasteiger partial charge on any atom is -0.366 e. The lowest BCUT2D eigenvalue weighted by Crippen LogP contribution is -2.18. The van der Waals surface area contributed by atoms with Crippen LogP contribution in [-0.2, 0) is 6.54 Å². The molecule has 0 saturated carbocycles. The Bertz CT molecular complexity index is 552. The van der Waals surface area contributed by atoms with E-state index < -0.39 is 0 Å². The molecule has 1 aromatic carbocycles. The quantitative estimate of drug-likeness (QED) is 0.903. The molecule has 1 unspecified atom stereocenters. The van der Waals surface area contributed by atoms with Gasteiger partial charge in [0.25, 0.3) is 0 Å². The molecule has 0 fully saturated rings. The van der Waals surface area contributed by atoms with E-state index in [9.17, 15) is 0 Å². The van der Waals surface area contributed by atoms with Gasteiger partial charge in [0.1, 0.15) is 5.82 Å². The molecule has 0 aliphatic rings. The van der Waals surface area contributed by atoms with Crippen LogP contribution in [0.25, 0.3) is 0 Å². The van der Waals surface area contributed by atoms with Gasteiger partial charge >= 0.3 is 0 Å². The zero-order valence-corrected chi connectivity index (χ0v) is 12.9. The molecule has 2 rings (SSSR count). The lowest BCUT2D eigenvalue weighted by Gasteiger charge is -2.22. The summed E-state index contributed by atoms with van der Waals surface area (Å²) in [5, 5.41) is 4.16. The minimum atomic E-state index is 0.316. The second-order valence-electron chi connectivity index (χ2n) is 5.06. The van der Waals surface area contributed by atoms with E-state index in [2.05, 4.69) is 42.3 Å². The molecule has 106 valence electrons. The molecule has 1 atom stereocenters. The SMILES string of the molecule is CC(c1cccnc1NCc1ccc(Cl)cc1)N(C)C. The Morgan fingerprint density at radius 1 is 1.20 bits per heavy atom. The first-order valence-electron chi connectivity index (χ1n) is 6.67. The van der Waals surface area contributed by atoms with Crippen LogP contribution in [0.1, 0.15) is 24.1 Å². The van der Waals surface area contributed by atoms with E-state index in [4.69, 9.17) is 11.6 Å². The van der Waals surface area contributed by atoms with Gasteiger partial charge in [-0.2, -0.15) is 0 Å². The summed E-state index contributed by atoms with van der Waals surface area (Å²) in [6, 6.07) is 12.3. The van der Waals surface area contributed by atoms with Gasteiger partial charge in [-0.15, -0.1) is 0 Å². The molecule has 20 heavy (non-hydrogen) atoms. The maximum absolute atomic E-state index is 5.89. The third-order valence-corrected chi connectivity index (χ3v) is 3.69. The summed E-state index contributed by atoms with van der Waals surface area (Å²) in [5.74, 6) is 0.934. The Hall–Kier alpha value is -1.58. The first-order valence-corrected chi connectivity index (χ1v) is 7.05. The van der Waals surface area contributed by atoms with Crippen LogP contribution < -0.4 is 5.32 Å². The van der Waals surface area contributed by atoms with Crippen molar-refractivity contribution in [3.63, 3.8) is 0 Å². The standard InChI is InChI=1S/C16H20ClN3/c1-12(20(2)3)15-5-4-10-18-16(15)19-11-13-6-8-14(17)9-7-13/h4-10,12H,11H2,1-3H3,(H,18,19). The third kappa shape index (κ3) is 3.71. The number of hydrogen-bond acceptors (Lipinski definition) is 3. The molecule has 0 spiro atoms. The van der Waals surface area contributed by atoms with Gasteiger partial charge < -0.3 is 10.2 Å². The molecular formula is C16H20ClN3. The number of pyridine rings is 1. The van der Waals surface area contributed by atoms with E-state index in [0.717, 1.165) is 17.4 Å². The average molecular weight is 290 g/mol. The summed E-state index contributed by atoms with van der Waals surface area (Å²) in [7, 11) is 4.14. The van der Waals surface area contributed by atoms with Crippen molar-refractivity contribution in [3.05, 3.63) is 58.7 Å². The summed E-state index contributed by atoms with van der Waals surface area (Å²) in [5.41, 5.74) is 2.38. The van der Waals surface area contributed by atoms with Gasteiger partial charge in [-0.3, -0.25) is 0 Å². The highest BCUT2D eigenvalue weighted by molar-refractivity contribution is 6.30. The van der Waals surface area contributed by atoms with E-state index in [-0.39, 0.29) is 0 Å². The smallest absolute Gasteiger partial charge is 0.130 e. The van der Waals surface area contributed by atoms with Crippen LogP contribution in [-0.4, -0.2) is 24.0 Å². The molecule has 2 aromatic rings. The molecule has 1 N–H and O–H groups in total. The van der Waals surface area contributed by atoms with E-state index in [1.165, 1.54) is 11.1 Å². The Morgan fingerprint density at radius 2 is 1.90 bits per heavy atom. The highest BCUT2D eigenvalue weighted by Crippen LogP contribution is 2.24. The fourth-order valence-electron chi connectivity index (χ4n) is 1.97. The molecule has 0 saturated heterocycles. The number of hydrogen-bond donors (Lipinski definition) is 1. The largest absolute Gasteiger partial charge is 0.366 e. The van der Waals surface area contributed by atoms with Crippen molar-refractivity contribution in [2.75, 3.05) is 19.4 Å². The molecular weight excluding hydrogens is 270 g/mol. The van der Waals surface area contributed by atoms with Crippen LogP contribution >= 0.6 is 11.6 Å². The van der Waals surface area contributed by atoms with Crippen LogP contribution in [0.2, 0.25) is 5.02 Å². The summed E-state index contributed by atoms with van der Waals surface area (Å²) in [4.78, 5) is 6.62. The second-order valence-corrected chi connectivity index (χ2v) is 5.50. The fourth-order valence-corrected chi connectivity index (χ4v) is 2.09. The first-order chi connectivity index (χ1) is 9.58. The van der Waals surface area contributed by atoms with Crippen molar-refractivity contribution in [3.8, 4) is 0 Å². The normalized spacial score (nSPS) is 12.4. The van der Waals surface area contributed by atoms with Crippen molar-refractivity contribution in [2.45, 2.75) is 19.5 Å². The zero-order chi connectivity index (χ0) is 14.5. The lowest BCUT2D eigenvalue weighted by molar-refractivity contribution is 0.321. The molecule has 4 heteroatoms. The summed E-state index contributed by atoms with van der Waals surface area (Å²) >= 11 is 5.89. The summed E-state index contributed by atoms with van der Waals surface area (Å²) < 4.78 is 0. The molecule has 0 aliphatic heterocycles. The van der Waals surface area contributed by atoms with Gasteiger partial charge in [0, 0.05) is 29.4 Å². The minimum absolute atomic E-state index is 0.316. The molecule has 0 amide bonds. The number of rotatable bonds is 5. The van der Waals surface area contributed by atoms with Gasteiger partial charge in [-0.05, 0) is 44.8 Å². The monoisotopic (exact) mass is 289 g/mol. The van der Waals surface area contributed by atoms with Crippen molar-refractivity contribution in [1.29, 1.82) is 0 Å². The van der Waals surface area contributed by atoms with Crippen molar-refractivity contribution < 1.29 is 0 Å². The molecule has 1 heterocycles. The Labute approximate surface area is 125 Å². The van der Waals surface area contributed by atoms with Crippen LogP contribution in [0.5, 0.6) is 0 Å². The zero-order valence-electron chi connectivity index (χ0n) is 12.1. The Balaban J connectivity index is 2.11. The lowest BCUT2D eigenvalue weighted by atomic mass is 10.1. The summed E-state index contributed by atoms with van der Waals surface area (Å²) in [6.45, 7) is 2.91. The Morgan fingerprint density at radius 3 is 2.55 bits per heavy atom. The van der Waals surface area contributed by atoms with Crippen LogP contribution in [0.3, 0.4) is 0 Å². The number of benzene rings is 1. The predicted molar refractivity (Wildman–Crippen MR) is 85.1 cm³/mol. The van der Waals surface area contributed by atoms with Crippen molar-refractivity contribution >= 4 is 17.4 Å².